The van der Waals surface area contributed by atoms with Gasteiger partial charge in [-0.1, -0.05) is 47.8 Å². The Bertz CT molecular complexity index is 522. The van der Waals surface area contributed by atoms with E-state index in [9.17, 15) is 0 Å². The summed E-state index contributed by atoms with van der Waals surface area (Å²) >= 11 is 10.4. The van der Waals surface area contributed by atoms with Crippen LogP contribution in [-0.4, -0.2) is 14.8 Å². The molecule has 0 aliphatic heterocycles. The molecular formula is C10H8Br3N3. The fourth-order valence-electron chi connectivity index (χ4n) is 1.38. The molecule has 1 aromatic carbocycles. The second-order valence-corrected chi connectivity index (χ2v) is 5.59. The summed E-state index contributed by atoms with van der Waals surface area (Å²) < 4.78 is 4.00. The Morgan fingerprint density at radius 2 is 2.00 bits per heavy atom. The molecule has 0 saturated carbocycles. The highest BCUT2D eigenvalue weighted by atomic mass is 79.9. The van der Waals surface area contributed by atoms with Crippen molar-refractivity contribution in [1.82, 2.24) is 14.8 Å². The summed E-state index contributed by atoms with van der Waals surface area (Å²) in [5.74, 6) is 1.75. The van der Waals surface area contributed by atoms with Gasteiger partial charge in [-0.05, 0) is 18.2 Å². The summed E-state index contributed by atoms with van der Waals surface area (Å²) in [5, 5.41) is 9.00. The SMILES string of the molecule is Cn1c(CBr)nnc1-c1cc(Br)ccc1Br. The monoisotopic (exact) mass is 407 g/mol. The molecule has 0 saturated heterocycles. The highest BCUT2D eigenvalue weighted by Crippen LogP contribution is 2.29. The number of rotatable bonds is 2. The first-order valence-corrected chi connectivity index (χ1v) is 7.24. The van der Waals surface area contributed by atoms with Crippen LogP contribution in [0.5, 0.6) is 0 Å². The molecule has 0 N–H and O–H groups in total. The largest absolute Gasteiger partial charge is 0.313 e. The summed E-state index contributed by atoms with van der Waals surface area (Å²) in [6, 6.07) is 5.99. The summed E-state index contributed by atoms with van der Waals surface area (Å²) in [6.07, 6.45) is 0. The van der Waals surface area contributed by atoms with E-state index in [0.29, 0.717) is 5.33 Å². The van der Waals surface area contributed by atoms with Crippen LogP contribution in [0.25, 0.3) is 11.4 Å². The van der Waals surface area contributed by atoms with Gasteiger partial charge in [0.1, 0.15) is 5.82 Å². The molecule has 0 radical (unpaired) electrons. The van der Waals surface area contributed by atoms with Gasteiger partial charge in [-0.2, -0.15) is 0 Å². The maximum Gasteiger partial charge on any atom is 0.164 e. The van der Waals surface area contributed by atoms with Gasteiger partial charge in [-0.15, -0.1) is 10.2 Å². The third-order valence-electron chi connectivity index (χ3n) is 2.25. The number of alkyl halides is 1. The summed E-state index contributed by atoms with van der Waals surface area (Å²) in [7, 11) is 1.96. The summed E-state index contributed by atoms with van der Waals surface area (Å²) in [4.78, 5) is 0. The molecule has 0 aliphatic rings. The lowest BCUT2D eigenvalue weighted by atomic mass is 10.2. The van der Waals surface area contributed by atoms with Crippen LogP contribution in [0.3, 0.4) is 0 Å². The lowest BCUT2D eigenvalue weighted by Gasteiger charge is -2.05. The van der Waals surface area contributed by atoms with Gasteiger partial charge in [0.25, 0.3) is 0 Å². The van der Waals surface area contributed by atoms with Crippen molar-refractivity contribution in [3.8, 4) is 11.4 Å². The molecule has 16 heavy (non-hydrogen) atoms. The molecule has 0 amide bonds. The van der Waals surface area contributed by atoms with Gasteiger partial charge >= 0.3 is 0 Å². The van der Waals surface area contributed by atoms with Crippen LogP contribution in [0, 0.1) is 0 Å². The van der Waals surface area contributed by atoms with E-state index in [4.69, 9.17) is 0 Å². The van der Waals surface area contributed by atoms with Crippen molar-refractivity contribution in [2.24, 2.45) is 7.05 Å². The Kier molecular flexibility index (Phi) is 3.81. The van der Waals surface area contributed by atoms with E-state index in [-0.39, 0.29) is 0 Å². The van der Waals surface area contributed by atoms with Crippen LogP contribution in [0.2, 0.25) is 0 Å². The molecule has 0 bridgehead atoms. The Balaban J connectivity index is 2.58. The zero-order valence-corrected chi connectivity index (χ0v) is 13.2. The minimum Gasteiger partial charge on any atom is -0.313 e. The average Bonchev–Trinajstić information content (AvgIpc) is 2.63. The maximum atomic E-state index is 4.19. The van der Waals surface area contributed by atoms with E-state index >= 15 is 0 Å². The minimum atomic E-state index is 0.697. The molecular weight excluding hydrogens is 402 g/mol. The molecule has 0 unspecified atom stereocenters. The van der Waals surface area contributed by atoms with Gasteiger partial charge in [0, 0.05) is 21.6 Å². The van der Waals surface area contributed by atoms with E-state index < -0.39 is 0 Å². The zero-order valence-electron chi connectivity index (χ0n) is 8.41. The van der Waals surface area contributed by atoms with E-state index in [1.807, 2.05) is 29.8 Å². The van der Waals surface area contributed by atoms with Crippen molar-refractivity contribution in [3.63, 3.8) is 0 Å². The number of hydrogen-bond donors (Lipinski definition) is 0. The van der Waals surface area contributed by atoms with Crippen molar-refractivity contribution in [3.05, 3.63) is 33.0 Å². The van der Waals surface area contributed by atoms with Crippen molar-refractivity contribution in [2.45, 2.75) is 5.33 Å². The number of hydrogen-bond acceptors (Lipinski definition) is 2. The molecule has 2 aromatic rings. The standard InChI is InChI=1S/C10H8Br3N3/c1-16-9(5-11)14-15-10(16)7-4-6(12)2-3-8(7)13/h2-4H,5H2,1H3. The van der Waals surface area contributed by atoms with E-state index in [0.717, 1.165) is 26.2 Å². The number of benzene rings is 1. The van der Waals surface area contributed by atoms with Crippen LogP contribution in [0.4, 0.5) is 0 Å². The van der Waals surface area contributed by atoms with E-state index in [1.165, 1.54) is 0 Å². The summed E-state index contributed by atoms with van der Waals surface area (Å²) in [6.45, 7) is 0. The van der Waals surface area contributed by atoms with Gasteiger partial charge in [0.05, 0.1) is 5.33 Å². The lowest BCUT2D eigenvalue weighted by molar-refractivity contribution is 0.858. The fraction of sp³-hybridized carbons (Fsp3) is 0.200. The van der Waals surface area contributed by atoms with Crippen molar-refractivity contribution < 1.29 is 0 Å². The van der Waals surface area contributed by atoms with Crippen LogP contribution in [-0.2, 0) is 12.4 Å². The van der Waals surface area contributed by atoms with Gasteiger partial charge in [0.2, 0.25) is 0 Å². The van der Waals surface area contributed by atoms with Crippen LogP contribution < -0.4 is 0 Å². The molecule has 0 fully saturated rings. The minimum absolute atomic E-state index is 0.697. The first-order chi connectivity index (χ1) is 7.63. The smallest absolute Gasteiger partial charge is 0.164 e. The Hall–Kier alpha value is -0.200. The molecule has 1 aromatic heterocycles. The molecule has 84 valence electrons. The van der Waals surface area contributed by atoms with E-state index in [1.54, 1.807) is 0 Å². The second kappa shape index (κ2) is 4.98. The predicted molar refractivity (Wildman–Crippen MR) is 74.5 cm³/mol. The van der Waals surface area contributed by atoms with Crippen molar-refractivity contribution in [2.75, 3.05) is 0 Å². The van der Waals surface area contributed by atoms with Gasteiger partial charge < -0.3 is 4.57 Å². The quantitative estimate of drug-likeness (QED) is 0.704. The van der Waals surface area contributed by atoms with Crippen LogP contribution >= 0.6 is 47.8 Å². The Morgan fingerprint density at radius 1 is 1.25 bits per heavy atom. The third-order valence-corrected chi connectivity index (χ3v) is 3.94. The number of nitrogens with zero attached hydrogens (tertiary/aromatic N) is 3. The Morgan fingerprint density at radius 3 is 2.62 bits per heavy atom. The number of halogens is 3. The molecule has 3 nitrogen and oxygen atoms in total. The fourth-order valence-corrected chi connectivity index (χ4v) is 2.65. The lowest BCUT2D eigenvalue weighted by Crippen LogP contribution is -1.97. The Labute approximate surface area is 119 Å². The number of aromatic nitrogens is 3. The summed E-state index contributed by atoms with van der Waals surface area (Å²) in [5.41, 5.74) is 1.02. The van der Waals surface area contributed by atoms with Gasteiger partial charge in [0.15, 0.2) is 5.82 Å². The molecule has 1 heterocycles. The zero-order chi connectivity index (χ0) is 11.7. The molecule has 0 spiro atoms. The normalized spacial score (nSPS) is 10.8. The molecule has 2 rings (SSSR count). The van der Waals surface area contributed by atoms with Gasteiger partial charge in [-0.3, -0.25) is 0 Å². The first-order valence-electron chi connectivity index (χ1n) is 4.53. The molecule has 0 aliphatic carbocycles. The van der Waals surface area contributed by atoms with Crippen LogP contribution in [0.15, 0.2) is 27.1 Å². The van der Waals surface area contributed by atoms with Crippen molar-refractivity contribution >= 4 is 47.8 Å². The van der Waals surface area contributed by atoms with Crippen molar-refractivity contribution in [1.29, 1.82) is 0 Å². The first kappa shape index (κ1) is 12.3. The average molecular weight is 410 g/mol. The van der Waals surface area contributed by atoms with E-state index in [2.05, 4.69) is 58.0 Å². The second-order valence-electron chi connectivity index (χ2n) is 3.26. The predicted octanol–water partition coefficient (Wildman–Crippen LogP) is 3.90. The third kappa shape index (κ3) is 2.24. The molecule has 6 heteroatoms. The highest BCUT2D eigenvalue weighted by molar-refractivity contribution is 9.11. The highest BCUT2D eigenvalue weighted by Gasteiger charge is 2.12. The van der Waals surface area contributed by atoms with Gasteiger partial charge in [-0.25, -0.2) is 0 Å². The topological polar surface area (TPSA) is 30.7 Å². The molecule has 0 atom stereocenters. The van der Waals surface area contributed by atoms with Crippen LogP contribution in [0.1, 0.15) is 5.82 Å². The maximum absolute atomic E-state index is 4.19.